The molecule has 0 unspecified atom stereocenters. The number of carboxylic acid groups (broad SMARTS) is 1. The summed E-state index contributed by atoms with van der Waals surface area (Å²) in [5, 5.41) is 17.4. The number of nitrogens with zero attached hydrogens (tertiary/aromatic N) is 1. The van der Waals surface area contributed by atoms with Crippen molar-refractivity contribution >= 4 is 17.7 Å². The second-order valence-electron chi connectivity index (χ2n) is 3.67. The number of nitrogens with one attached hydrogen (secondary N) is 2. The molecule has 0 aliphatic carbocycles. The Morgan fingerprint density at radius 1 is 1.32 bits per heavy atom. The maximum atomic E-state index is 11.6. The first kappa shape index (κ1) is 12.6. The number of carbonyl (C=O) groups is 2. The highest BCUT2D eigenvalue weighted by Crippen LogP contribution is 2.10. The highest BCUT2D eigenvalue weighted by atomic mass is 16.5. The highest BCUT2D eigenvalue weighted by molar-refractivity contribution is 5.93. The zero-order chi connectivity index (χ0) is 13.7. The molecule has 0 bridgehead atoms. The smallest absolute Gasteiger partial charge is 0.335 e. The van der Waals surface area contributed by atoms with E-state index >= 15 is 0 Å². The second-order valence-corrected chi connectivity index (χ2v) is 3.67. The normalized spacial score (nSPS) is 9.89. The molecule has 0 saturated carbocycles. The average Bonchev–Trinajstić information content (AvgIpc) is 2.90. The van der Waals surface area contributed by atoms with Crippen molar-refractivity contribution < 1.29 is 19.2 Å². The minimum Gasteiger partial charge on any atom is -0.478 e. The standard InChI is InChI=1S/C12H11N3O4/c16-11(17)8-2-1-3-9(6-8)15-12(18)13-7-10-4-5-14-19-10/h1-6H,7H2,(H,16,17)(H2,13,15,18). The quantitative estimate of drug-likeness (QED) is 0.776. The van der Waals surface area contributed by atoms with Gasteiger partial charge >= 0.3 is 12.0 Å². The van der Waals surface area contributed by atoms with E-state index in [4.69, 9.17) is 9.63 Å². The molecule has 0 spiro atoms. The molecule has 0 radical (unpaired) electrons. The number of hydrogen-bond acceptors (Lipinski definition) is 4. The number of anilines is 1. The van der Waals surface area contributed by atoms with Crippen molar-refractivity contribution in [1.82, 2.24) is 10.5 Å². The number of aromatic nitrogens is 1. The van der Waals surface area contributed by atoms with Crippen molar-refractivity contribution in [3.8, 4) is 0 Å². The van der Waals surface area contributed by atoms with Crippen molar-refractivity contribution in [2.75, 3.05) is 5.32 Å². The van der Waals surface area contributed by atoms with E-state index in [1.807, 2.05) is 0 Å². The summed E-state index contributed by atoms with van der Waals surface area (Å²) in [5.41, 5.74) is 0.503. The van der Waals surface area contributed by atoms with E-state index in [1.54, 1.807) is 18.2 Å². The number of carbonyl (C=O) groups excluding carboxylic acids is 1. The Morgan fingerprint density at radius 3 is 2.84 bits per heavy atom. The Hall–Kier alpha value is -2.83. The molecule has 3 N–H and O–H groups in total. The molecule has 0 aliphatic heterocycles. The molecule has 1 aromatic heterocycles. The van der Waals surface area contributed by atoms with Gasteiger partial charge in [-0.3, -0.25) is 0 Å². The summed E-state index contributed by atoms with van der Waals surface area (Å²) in [6.45, 7) is 0.199. The van der Waals surface area contributed by atoms with Crippen LogP contribution in [0, 0.1) is 0 Å². The van der Waals surface area contributed by atoms with Crippen LogP contribution in [0.4, 0.5) is 10.5 Å². The van der Waals surface area contributed by atoms with Crippen molar-refractivity contribution in [2.45, 2.75) is 6.54 Å². The van der Waals surface area contributed by atoms with Crippen LogP contribution in [-0.4, -0.2) is 22.3 Å². The number of urea groups is 1. The Morgan fingerprint density at radius 2 is 2.16 bits per heavy atom. The van der Waals surface area contributed by atoms with Gasteiger partial charge in [0.25, 0.3) is 0 Å². The Bertz CT molecular complexity index is 580. The second kappa shape index (κ2) is 5.67. The summed E-state index contributed by atoms with van der Waals surface area (Å²) < 4.78 is 4.81. The predicted molar refractivity (Wildman–Crippen MR) is 65.8 cm³/mol. The fourth-order valence-electron chi connectivity index (χ4n) is 1.41. The average molecular weight is 261 g/mol. The van der Waals surface area contributed by atoms with Gasteiger partial charge in [0.1, 0.15) is 0 Å². The lowest BCUT2D eigenvalue weighted by atomic mass is 10.2. The molecule has 2 aromatic rings. The summed E-state index contributed by atoms with van der Waals surface area (Å²) in [7, 11) is 0. The van der Waals surface area contributed by atoms with Gasteiger partial charge in [-0.15, -0.1) is 0 Å². The van der Waals surface area contributed by atoms with Gasteiger partial charge in [-0.2, -0.15) is 0 Å². The van der Waals surface area contributed by atoms with Crippen molar-refractivity contribution in [2.24, 2.45) is 0 Å². The van der Waals surface area contributed by atoms with Gasteiger partial charge in [0.2, 0.25) is 0 Å². The van der Waals surface area contributed by atoms with E-state index in [2.05, 4.69) is 15.8 Å². The van der Waals surface area contributed by atoms with E-state index in [0.717, 1.165) is 0 Å². The van der Waals surface area contributed by atoms with Crippen LogP contribution in [0.15, 0.2) is 41.1 Å². The molecule has 0 atom stereocenters. The van der Waals surface area contributed by atoms with E-state index in [9.17, 15) is 9.59 Å². The van der Waals surface area contributed by atoms with Crippen LogP contribution in [0.1, 0.15) is 16.1 Å². The summed E-state index contributed by atoms with van der Waals surface area (Å²) in [4.78, 5) is 22.3. The number of benzene rings is 1. The fraction of sp³-hybridized carbons (Fsp3) is 0.0833. The van der Waals surface area contributed by atoms with Crippen LogP contribution < -0.4 is 10.6 Å². The zero-order valence-electron chi connectivity index (χ0n) is 9.79. The molecule has 7 nitrogen and oxygen atoms in total. The molecular weight excluding hydrogens is 250 g/mol. The van der Waals surface area contributed by atoms with Crippen molar-refractivity contribution in [1.29, 1.82) is 0 Å². The first-order valence-electron chi connectivity index (χ1n) is 5.43. The molecule has 98 valence electrons. The minimum absolute atomic E-state index is 0.105. The lowest BCUT2D eigenvalue weighted by Gasteiger charge is -2.06. The molecule has 0 fully saturated rings. The van der Waals surface area contributed by atoms with Gasteiger partial charge in [0, 0.05) is 11.8 Å². The van der Waals surface area contributed by atoms with E-state index in [1.165, 1.54) is 18.3 Å². The molecule has 1 heterocycles. The third-order valence-corrected chi connectivity index (χ3v) is 2.28. The number of hydrogen-bond donors (Lipinski definition) is 3. The SMILES string of the molecule is O=C(NCc1ccno1)Nc1cccc(C(=O)O)c1. The van der Waals surface area contributed by atoms with Gasteiger partial charge in [-0.1, -0.05) is 11.2 Å². The maximum absolute atomic E-state index is 11.6. The van der Waals surface area contributed by atoms with Gasteiger partial charge in [0.15, 0.2) is 5.76 Å². The van der Waals surface area contributed by atoms with Crippen LogP contribution in [0.3, 0.4) is 0 Å². The third kappa shape index (κ3) is 3.56. The van der Waals surface area contributed by atoms with Gasteiger partial charge in [-0.05, 0) is 18.2 Å². The molecule has 0 saturated heterocycles. The monoisotopic (exact) mass is 261 g/mol. The first-order chi connectivity index (χ1) is 9.15. The van der Waals surface area contributed by atoms with Crippen LogP contribution >= 0.6 is 0 Å². The van der Waals surface area contributed by atoms with Crippen molar-refractivity contribution in [3.05, 3.63) is 47.9 Å². The van der Waals surface area contributed by atoms with Gasteiger partial charge in [0.05, 0.1) is 18.3 Å². The molecule has 2 rings (SSSR count). The topological polar surface area (TPSA) is 104 Å². The van der Waals surface area contributed by atoms with Crippen LogP contribution in [-0.2, 0) is 6.54 Å². The summed E-state index contributed by atoms with van der Waals surface area (Å²) in [6.07, 6.45) is 1.48. The third-order valence-electron chi connectivity index (χ3n) is 2.28. The maximum Gasteiger partial charge on any atom is 0.335 e. The van der Waals surface area contributed by atoms with Gasteiger partial charge < -0.3 is 20.3 Å². The van der Waals surface area contributed by atoms with Crippen LogP contribution in [0.2, 0.25) is 0 Å². The largest absolute Gasteiger partial charge is 0.478 e. The van der Waals surface area contributed by atoms with E-state index < -0.39 is 12.0 Å². The number of amides is 2. The summed E-state index contributed by atoms with van der Waals surface area (Å²) >= 11 is 0. The Balaban J connectivity index is 1.91. The Labute approximate surface area is 108 Å². The number of rotatable bonds is 4. The Kier molecular flexibility index (Phi) is 3.77. The first-order valence-corrected chi connectivity index (χ1v) is 5.43. The zero-order valence-corrected chi connectivity index (χ0v) is 9.79. The molecule has 19 heavy (non-hydrogen) atoms. The fourth-order valence-corrected chi connectivity index (χ4v) is 1.41. The lowest BCUT2D eigenvalue weighted by molar-refractivity contribution is 0.0697. The van der Waals surface area contributed by atoms with Crippen LogP contribution in [0.25, 0.3) is 0 Å². The predicted octanol–water partition coefficient (Wildman–Crippen LogP) is 1.69. The highest BCUT2D eigenvalue weighted by Gasteiger charge is 2.06. The molecule has 2 amide bonds. The molecule has 7 heteroatoms. The molecule has 1 aromatic carbocycles. The molecule has 0 aliphatic rings. The number of aromatic carboxylic acids is 1. The number of carboxylic acids is 1. The van der Waals surface area contributed by atoms with E-state index in [-0.39, 0.29) is 12.1 Å². The lowest BCUT2D eigenvalue weighted by Crippen LogP contribution is -2.28. The summed E-state index contributed by atoms with van der Waals surface area (Å²) in [5.74, 6) is -0.528. The summed E-state index contributed by atoms with van der Waals surface area (Å²) in [6, 6.07) is 7.14. The minimum atomic E-state index is -1.05. The van der Waals surface area contributed by atoms with E-state index in [0.29, 0.717) is 11.4 Å². The molecular formula is C12H11N3O4. The van der Waals surface area contributed by atoms with Gasteiger partial charge in [-0.25, -0.2) is 9.59 Å². The van der Waals surface area contributed by atoms with Crippen LogP contribution in [0.5, 0.6) is 0 Å². The van der Waals surface area contributed by atoms with Crippen molar-refractivity contribution in [3.63, 3.8) is 0 Å².